The average molecular weight is 918 g/mol. The largest absolute Gasteiger partial charge is 0.120 e. The molecule has 6 rings (SSSR count). The van der Waals surface area contributed by atoms with E-state index in [4.69, 9.17) is 0 Å². The topological polar surface area (TPSA) is 0 Å². The molecule has 0 fully saturated rings. The maximum Gasteiger partial charge on any atom is 0.0234 e. The molecule has 0 amide bonds. The average Bonchev–Trinajstić information content (AvgIpc) is 3.43. The first-order chi connectivity index (χ1) is 31.6. The van der Waals surface area contributed by atoms with E-state index >= 15 is 0 Å². The van der Waals surface area contributed by atoms with Crippen LogP contribution in [0, 0.1) is 68.2 Å². The lowest BCUT2D eigenvalue weighted by Gasteiger charge is -2.26. The van der Waals surface area contributed by atoms with E-state index in [-0.39, 0.29) is 0 Å². The van der Waals surface area contributed by atoms with E-state index in [9.17, 15) is 0 Å². The van der Waals surface area contributed by atoms with Gasteiger partial charge in [-0.1, -0.05) is 158 Å². The van der Waals surface area contributed by atoms with Gasteiger partial charge in [-0.15, -0.1) is 17.5 Å². The Morgan fingerprint density at radius 1 is 0.612 bits per heavy atom. The van der Waals surface area contributed by atoms with Gasteiger partial charge < -0.3 is 0 Å². The van der Waals surface area contributed by atoms with Crippen molar-refractivity contribution in [2.45, 2.75) is 195 Å². The molecule has 1 unspecified atom stereocenters. The van der Waals surface area contributed by atoms with E-state index in [1.807, 2.05) is 25.6 Å². The van der Waals surface area contributed by atoms with Crippen LogP contribution in [-0.2, 0) is 12.2 Å². The van der Waals surface area contributed by atoms with E-state index < -0.39 is 0 Å². The summed E-state index contributed by atoms with van der Waals surface area (Å²) >= 11 is 2.03. The second-order valence-electron chi connectivity index (χ2n) is 19.5. The molecule has 0 radical (unpaired) electrons. The zero-order chi connectivity index (χ0) is 50.9. The van der Waals surface area contributed by atoms with Gasteiger partial charge in [0.1, 0.15) is 0 Å². The Balaban J connectivity index is 0.000000366. The molecule has 0 spiro atoms. The predicted molar refractivity (Wildman–Crippen MR) is 306 cm³/mol. The quantitative estimate of drug-likeness (QED) is 0.125. The number of benzene rings is 4. The molecular formula is C66H92S. The highest BCUT2D eigenvalue weighted by molar-refractivity contribution is 7.98. The van der Waals surface area contributed by atoms with Gasteiger partial charge in [0.25, 0.3) is 0 Å². The summed E-state index contributed by atoms with van der Waals surface area (Å²) in [4.78, 5) is 1.47. The Labute approximate surface area is 417 Å². The van der Waals surface area contributed by atoms with Crippen LogP contribution in [0.25, 0.3) is 11.1 Å². The van der Waals surface area contributed by atoms with Crippen LogP contribution in [-0.4, -0.2) is 0 Å². The third-order valence-electron chi connectivity index (χ3n) is 13.4. The normalized spacial score (nSPS) is 14.7. The highest BCUT2D eigenvalue weighted by Gasteiger charge is 2.23. The summed E-state index contributed by atoms with van der Waals surface area (Å²) in [5.74, 6) is 2.61. The van der Waals surface area contributed by atoms with Crippen LogP contribution in [0.5, 0.6) is 0 Å². The minimum atomic E-state index is 0.486. The zero-order valence-corrected chi connectivity index (χ0v) is 47.7. The Hall–Kier alpha value is -4.55. The molecule has 0 nitrogen and oxygen atoms in total. The van der Waals surface area contributed by atoms with Gasteiger partial charge in [0.2, 0.25) is 0 Å². The summed E-state index contributed by atoms with van der Waals surface area (Å²) in [5, 5.41) is 0. The van der Waals surface area contributed by atoms with Crippen molar-refractivity contribution in [3.05, 3.63) is 196 Å². The number of hydrogen-bond donors (Lipinski definition) is 0. The van der Waals surface area contributed by atoms with Gasteiger partial charge in [-0.3, -0.25) is 0 Å². The van der Waals surface area contributed by atoms with Gasteiger partial charge >= 0.3 is 0 Å². The Morgan fingerprint density at radius 2 is 1.13 bits per heavy atom. The summed E-state index contributed by atoms with van der Waals surface area (Å²) in [7, 11) is 0. The highest BCUT2D eigenvalue weighted by Crippen LogP contribution is 2.46. The molecule has 1 atom stereocenters. The first-order valence-electron chi connectivity index (χ1n) is 25.4. The van der Waals surface area contributed by atoms with E-state index in [0.717, 1.165) is 18.6 Å². The van der Waals surface area contributed by atoms with E-state index in [2.05, 4.69) is 236 Å². The van der Waals surface area contributed by atoms with Crippen molar-refractivity contribution >= 4 is 11.8 Å². The van der Waals surface area contributed by atoms with Gasteiger partial charge in [0.15, 0.2) is 0 Å². The van der Waals surface area contributed by atoms with Crippen molar-refractivity contribution < 1.29 is 0 Å². The van der Waals surface area contributed by atoms with Gasteiger partial charge in [0, 0.05) is 10.6 Å². The monoisotopic (exact) mass is 917 g/mol. The lowest BCUT2D eigenvalue weighted by atomic mass is 9.82. The van der Waals surface area contributed by atoms with Crippen molar-refractivity contribution in [1.29, 1.82) is 0 Å². The van der Waals surface area contributed by atoms with Gasteiger partial charge in [-0.2, -0.15) is 0 Å². The van der Waals surface area contributed by atoms with E-state index in [1.54, 1.807) is 0 Å². The van der Waals surface area contributed by atoms with Crippen LogP contribution in [0.1, 0.15) is 188 Å². The number of allylic oxidation sites excluding steroid dienone is 11. The van der Waals surface area contributed by atoms with E-state index in [0.29, 0.717) is 17.8 Å². The molecule has 0 heterocycles. The number of hydrogen-bond acceptors (Lipinski definition) is 1. The molecule has 4 aromatic rings. The number of rotatable bonds is 8. The smallest absolute Gasteiger partial charge is 0.0234 e. The Morgan fingerprint density at radius 3 is 1.61 bits per heavy atom. The summed E-state index contributed by atoms with van der Waals surface area (Å²) in [6.07, 6.45) is 15.4. The molecule has 1 heteroatoms. The fourth-order valence-electron chi connectivity index (χ4n) is 9.17. The van der Waals surface area contributed by atoms with Crippen molar-refractivity contribution in [1.82, 2.24) is 0 Å². The first-order valence-corrected chi connectivity index (χ1v) is 26.4. The molecule has 4 aromatic carbocycles. The maximum absolute atomic E-state index is 3.21. The van der Waals surface area contributed by atoms with Crippen LogP contribution < -0.4 is 0 Å². The van der Waals surface area contributed by atoms with Crippen molar-refractivity contribution in [2.75, 3.05) is 0 Å². The minimum Gasteiger partial charge on any atom is -0.120 e. The lowest BCUT2D eigenvalue weighted by Crippen LogP contribution is -2.05. The third-order valence-corrected chi connectivity index (χ3v) is 14.6. The maximum atomic E-state index is 3.21. The summed E-state index contributed by atoms with van der Waals surface area (Å²) in [6, 6.07) is 18.3. The number of thioether (sulfide) groups is 1. The van der Waals surface area contributed by atoms with Crippen LogP contribution >= 0.6 is 11.8 Å². The van der Waals surface area contributed by atoms with Crippen LogP contribution in [0.3, 0.4) is 0 Å². The second kappa shape index (κ2) is 28.1. The second-order valence-corrected chi connectivity index (χ2v) is 20.5. The molecule has 0 aliphatic heterocycles. The van der Waals surface area contributed by atoms with Crippen molar-refractivity contribution in [2.24, 2.45) is 5.92 Å². The fraction of sp³-hybridized carbons (Fsp3) is 0.439. The Bertz CT molecular complexity index is 2520. The predicted octanol–water partition coefficient (Wildman–Crippen LogP) is 20.8. The molecule has 0 saturated carbocycles. The molecule has 0 bridgehead atoms. The first kappa shape index (κ1) is 58.6. The van der Waals surface area contributed by atoms with Gasteiger partial charge in [-0.25, -0.2) is 0 Å². The summed E-state index contributed by atoms with van der Waals surface area (Å²) < 4.78 is 0. The molecule has 362 valence electrons. The standard InChI is InChI=1S/C32H42S.C11H16.C11H14.C10H14.C2H6/c1-18(2)28-15-21(6)24(9)30(26(28)11)31-25(10)22(7)16-29(19(3)4)32(31)33-17-27-13-12-20(5)14-23(27)8;1-5-11-9(3)6-8(2)7-10(11)4;1-4-11-8-6-9(2)5-7-10(11)3;1-4-10-6-5-8(2)7-9(10)3;1-2/h12-16,18-19H,17H2,1-11H3;5-7,9H,1-4H3;6-8H,4H2,1-3H3;5-7H,4H2,1-3H3;1-2H3/b;11-5+;;;. The van der Waals surface area contributed by atoms with Gasteiger partial charge in [0.05, 0.1) is 0 Å². The molecule has 0 N–H and O–H groups in total. The molecule has 2 aliphatic rings. The van der Waals surface area contributed by atoms with Crippen LogP contribution in [0.2, 0.25) is 0 Å². The molecule has 0 saturated heterocycles. The lowest BCUT2D eigenvalue weighted by molar-refractivity contribution is 0.837. The summed E-state index contributed by atoms with van der Waals surface area (Å²) in [6.45, 7) is 50.9. The van der Waals surface area contributed by atoms with Crippen molar-refractivity contribution in [3.63, 3.8) is 0 Å². The number of aryl methyl sites for hydroxylation is 7. The molecule has 2 aliphatic carbocycles. The van der Waals surface area contributed by atoms with Crippen molar-refractivity contribution in [3.8, 4) is 11.1 Å². The third kappa shape index (κ3) is 16.6. The van der Waals surface area contributed by atoms with Gasteiger partial charge in [-0.05, 0) is 234 Å². The SMILES string of the molecule is C/C=C1/C(C)=CC(C)=CC1C.CC.CCC1=C(C)C=C=C(C)C=C1.CCc1ccc(C)cc1C.Cc1ccc(CSc2c(C(C)C)cc(C)c(C)c2-c2c(C)c(C)cc(C(C)C)c2C)c(C)c1. The zero-order valence-electron chi connectivity index (χ0n) is 46.8. The molecule has 67 heavy (non-hydrogen) atoms. The Kier molecular flexibility index (Phi) is 24.5. The van der Waals surface area contributed by atoms with Crippen LogP contribution in [0.4, 0.5) is 0 Å². The van der Waals surface area contributed by atoms with Crippen LogP contribution in [0.15, 0.2) is 129 Å². The molecule has 0 aromatic heterocycles. The fourth-order valence-corrected chi connectivity index (χ4v) is 10.7. The highest BCUT2D eigenvalue weighted by atomic mass is 32.2. The van der Waals surface area contributed by atoms with E-state index in [1.165, 1.54) is 122 Å². The summed E-state index contributed by atoms with van der Waals surface area (Å²) in [5.41, 5.74) is 32.8. The molecular weight excluding hydrogens is 825 g/mol. The minimum absolute atomic E-state index is 0.486.